The number of hydrogen-bond donors (Lipinski definition) is 2. The van der Waals surface area contributed by atoms with E-state index in [9.17, 15) is 24.0 Å². The van der Waals surface area contributed by atoms with E-state index in [4.69, 9.17) is 0 Å². The van der Waals surface area contributed by atoms with Crippen molar-refractivity contribution in [3.05, 3.63) is 29.8 Å². The van der Waals surface area contributed by atoms with E-state index in [2.05, 4.69) is 15.5 Å². The second kappa shape index (κ2) is 11.2. The van der Waals surface area contributed by atoms with Gasteiger partial charge in [-0.1, -0.05) is 13.8 Å². The van der Waals surface area contributed by atoms with Gasteiger partial charge >= 0.3 is 0 Å². The molecule has 1 saturated carbocycles. The lowest BCUT2D eigenvalue weighted by atomic mass is 9.75. The van der Waals surface area contributed by atoms with Crippen LogP contribution in [-0.4, -0.2) is 89.1 Å². The molecule has 1 aromatic carbocycles. The average Bonchev–Trinajstić information content (AvgIpc) is 3.64. The van der Waals surface area contributed by atoms with Crippen LogP contribution < -0.4 is 15.5 Å². The number of anilines is 1. The average molecular weight is 552 g/mol. The molecule has 3 aliphatic heterocycles. The highest BCUT2D eigenvalue weighted by Gasteiger charge is 2.56. The minimum absolute atomic E-state index is 0.0656. The van der Waals surface area contributed by atoms with E-state index < -0.39 is 23.7 Å². The van der Waals surface area contributed by atoms with Gasteiger partial charge < -0.3 is 25.3 Å². The zero-order valence-electron chi connectivity index (χ0n) is 23.8. The summed E-state index contributed by atoms with van der Waals surface area (Å²) < 4.78 is 0. The molecule has 40 heavy (non-hydrogen) atoms. The molecule has 1 aromatic rings. The molecule has 1 aliphatic carbocycles. The van der Waals surface area contributed by atoms with Gasteiger partial charge in [-0.3, -0.25) is 24.0 Å². The van der Waals surface area contributed by atoms with E-state index in [0.717, 1.165) is 25.2 Å². The number of ketones is 1. The van der Waals surface area contributed by atoms with Crippen molar-refractivity contribution in [3.8, 4) is 0 Å². The van der Waals surface area contributed by atoms with Crippen LogP contribution in [0.1, 0.15) is 76.1 Å². The number of rotatable bonds is 8. The highest BCUT2D eigenvalue weighted by molar-refractivity contribution is 6.02. The number of Topliss-reactive ketones (excluding diaryl/α,β-unsaturated/α-hetero) is 1. The molecule has 10 heteroatoms. The van der Waals surface area contributed by atoms with E-state index in [1.165, 1.54) is 19.8 Å². The molecule has 216 valence electrons. The number of amides is 4. The van der Waals surface area contributed by atoms with Gasteiger partial charge in [0.1, 0.15) is 17.6 Å². The fraction of sp³-hybridized carbons (Fsp3) is 0.633. The highest BCUT2D eigenvalue weighted by atomic mass is 16.2. The minimum atomic E-state index is -0.948. The molecule has 0 bridgehead atoms. The Balaban J connectivity index is 1.28. The Bertz CT molecular complexity index is 1170. The molecule has 5 rings (SSSR count). The van der Waals surface area contributed by atoms with Crippen LogP contribution in [0.5, 0.6) is 0 Å². The fourth-order valence-corrected chi connectivity index (χ4v) is 6.81. The van der Waals surface area contributed by atoms with Crippen molar-refractivity contribution in [2.75, 3.05) is 31.1 Å². The van der Waals surface area contributed by atoms with Gasteiger partial charge in [0, 0.05) is 37.8 Å². The van der Waals surface area contributed by atoms with Crippen LogP contribution in [0.15, 0.2) is 24.3 Å². The van der Waals surface area contributed by atoms with Gasteiger partial charge in [0.25, 0.3) is 5.91 Å². The Morgan fingerprint density at radius 1 is 0.975 bits per heavy atom. The van der Waals surface area contributed by atoms with Crippen molar-refractivity contribution in [3.63, 3.8) is 0 Å². The smallest absolute Gasteiger partial charge is 0.251 e. The zero-order valence-corrected chi connectivity index (χ0v) is 23.8. The van der Waals surface area contributed by atoms with E-state index in [1.807, 2.05) is 26.0 Å². The molecule has 3 heterocycles. The van der Waals surface area contributed by atoms with Gasteiger partial charge in [-0.15, -0.1) is 0 Å². The zero-order chi connectivity index (χ0) is 28.6. The van der Waals surface area contributed by atoms with Crippen LogP contribution in [0, 0.1) is 5.92 Å². The molecule has 0 spiro atoms. The van der Waals surface area contributed by atoms with Crippen molar-refractivity contribution in [2.45, 2.75) is 89.4 Å². The van der Waals surface area contributed by atoms with Crippen molar-refractivity contribution < 1.29 is 24.0 Å². The molecular formula is C30H41N5O5. The van der Waals surface area contributed by atoms with Crippen LogP contribution in [-0.2, 0) is 19.2 Å². The van der Waals surface area contributed by atoms with Crippen LogP contribution >= 0.6 is 0 Å². The number of nitrogens with one attached hydrogen (secondary N) is 2. The summed E-state index contributed by atoms with van der Waals surface area (Å²) in [5.41, 5.74) is 0.631. The highest BCUT2D eigenvalue weighted by Crippen LogP contribution is 2.38. The Labute approximate surface area is 235 Å². The Kier molecular flexibility index (Phi) is 7.88. The maximum Gasteiger partial charge on any atom is 0.251 e. The molecule has 10 nitrogen and oxygen atoms in total. The molecule has 3 unspecified atom stereocenters. The lowest BCUT2D eigenvalue weighted by Gasteiger charge is -2.43. The molecule has 3 atom stereocenters. The van der Waals surface area contributed by atoms with E-state index in [-0.39, 0.29) is 41.9 Å². The molecule has 4 aliphatic rings. The van der Waals surface area contributed by atoms with Gasteiger partial charge in [-0.05, 0) is 75.1 Å². The molecule has 0 aromatic heterocycles. The van der Waals surface area contributed by atoms with Crippen LogP contribution in [0.3, 0.4) is 0 Å². The van der Waals surface area contributed by atoms with E-state index >= 15 is 0 Å². The second-order valence-electron chi connectivity index (χ2n) is 12.2. The third-order valence-electron chi connectivity index (χ3n) is 8.91. The third-order valence-corrected chi connectivity index (χ3v) is 8.91. The summed E-state index contributed by atoms with van der Waals surface area (Å²) >= 11 is 0. The van der Waals surface area contributed by atoms with Gasteiger partial charge in [0.15, 0.2) is 5.78 Å². The van der Waals surface area contributed by atoms with E-state index in [0.29, 0.717) is 37.8 Å². The fourth-order valence-electron chi connectivity index (χ4n) is 6.81. The summed E-state index contributed by atoms with van der Waals surface area (Å²) in [4.78, 5) is 71.0. The number of benzene rings is 1. The Hall–Kier alpha value is -3.43. The molecule has 0 radical (unpaired) electrons. The quantitative estimate of drug-likeness (QED) is 0.509. The van der Waals surface area contributed by atoms with Crippen molar-refractivity contribution in [2.24, 2.45) is 5.92 Å². The SMILES string of the molecule is CC(=O)NC1(C(=O)N2CC(=O)C3C2CCN3C(=O)C(CC(C)C)NC(=O)c2ccc(N3CCCC3)cc2)CCC1. The number of carbonyl (C=O) groups excluding carboxylic acids is 5. The van der Waals surface area contributed by atoms with Crippen molar-refractivity contribution >= 4 is 35.1 Å². The number of fused-ring (bicyclic) bond motifs is 1. The molecule has 4 amide bonds. The number of carbonyl (C=O) groups is 5. The molecule has 4 fully saturated rings. The first-order valence-corrected chi connectivity index (χ1v) is 14.7. The third kappa shape index (κ3) is 5.32. The summed E-state index contributed by atoms with van der Waals surface area (Å²) in [7, 11) is 0. The van der Waals surface area contributed by atoms with Crippen LogP contribution in [0.4, 0.5) is 5.69 Å². The predicted molar refractivity (Wildman–Crippen MR) is 150 cm³/mol. The lowest BCUT2D eigenvalue weighted by molar-refractivity contribution is -0.146. The molecule has 2 N–H and O–H groups in total. The van der Waals surface area contributed by atoms with Crippen molar-refractivity contribution in [1.29, 1.82) is 0 Å². The first-order valence-electron chi connectivity index (χ1n) is 14.7. The lowest BCUT2D eigenvalue weighted by Crippen LogP contribution is -2.64. The Morgan fingerprint density at radius 3 is 2.23 bits per heavy atom. The number of hydrogen-bond acceptors (Lipinski definition) is 6. The largest absolute Gasteiger partial charge is 0.372 e. The number of nitrogens with zero attached hydrogens (tertiary/aromatic N) is 3. The maximum absolute atomic E-state index is 13.8. The summed E-state index contributed by atoms with van der Waals surface area (Å²) in [5.74, 6) is -1.14. The van der Waals surface area contributed by atoms with Gasteiger partial charge in [0.2, 0.25) is 17.7 Å². The first kappa shape index (κ1) is 28.1. The van der Waals surface area contributed by atoms with Crippen LogP contribution in [0.25, 0.3) is 0 Å². The summed E-state index contributed by atoms with van der Waals surface area (Å²) in [6.45, 7) is 7.69. The molecular weight excluding hydrogens is 510 g/mol. The first-order chi connectivity index (χ1) is 19.1. The summed E-state index contributed by atoms with van der Waals surface area (Å²) in [6, 6.07) is 5.56. The normalized spacial score (nSPS) is 24.1. The van der Waals surface area contributed by atoms with Gasteiger partial charge in [0.05, 0.1) is 12.6 Å². The second-order valence-corrected chi connectivity index (χ2v) is 12.2. The predicted octanol–water partition coefficient (Wildman–Crippen LogP) is 1.87. The Morgan fingerprint density at radius 2 is 1.65 bits per heavy atom. The topological polar surface area (TPSA) is 119 Å². The maximum atomic E-state index is 13.8. The monoisotopic (exact) mass is 551 g/mol. The minimum Gasteiger partial charge on any atom is -0.372 e. The van der Waals surface area contributed by atoms with Crippen LogP contribution in [0.2, 0.25) is 0 Å². The van der Waals surface area contributed by atoms with Gasteiger partial charge in [-0.2, -0.15) is 0 Å². The summed E-state index contributed by atoms with van der Waals surface area (Å²) in [5, 5.41) is 5.76. The van der Waals surface area contributed by atoms with Gasteiger partial charge in [-0.25, -0.2) is 0 Å². The number of likely N-dealkylation sites (tertiary alicyclic amines) is 2. The molecule has 3 saturated heterocycles. The standard InChI is InChI=1S/C30H41N5O5/c1-19(2)17-23(31-27(38)21-7-9-22(10-8-21)33-14-4-5-15-33)28(39)34-16-11-24-26(34)25(37)18-35(24)29(40)30(12-6-13-30)32-20(3)36/h7-10,19,23-24,26H,4-6,11-18H2,1-3H3,(H,31,38)(H,32,36). The van der Waals surface area contributed by atoms with Crippen molar-refractivity contribution in [1.82, 2.24) is 20.4 Å². The summed E-state index contributed by atoms with van der Waals surface area (Å²) in [6.07, 6.45) is 5.21. The van der Waals surface area contributed by atoms with E-state index in [1.54, 1.807) is 21.9 Å².